The Kier molecular flexibility index (Phi) is 10.6. The predicted octanol–water partition coefficient (Wildman–Crippen LogP) is 2.60. The molecule has 0 saturated carbocycles. The van der Waals surface area contributed by atoms with Gasteiger partial charge in [-0.05, 0) is 61.0 Å². The molecule has 1 saturated heterocycles. The summed E-state index contributed by atoms with van der Waals surface area (Å²) in [7, 11) is -1.23. The number of carbonyl (C=O) groups is 2. The summed E-state index contributed by atoms with van der Waals surface area (Å²) in [6.07, 6.45) is 1.41. The molecule has 0 aliphatic carbocycles. The van der Waals surface area contributed by atoms with Crippen molar-refractivity contribution in [3.8, 4) is 17.2 Å². The van der Waals surface area contributed by atoms with Crippen LogP contribution in [0.3, 0.4) is 0 Å². The first-order chi connectivity index (χ1) is 20.7. The molecule has 0 aromatic heterocycles. The molecule has 1 heterocycles. The summed E-state index contributed by atoms with van der Waals surface area (Å²) in [5.41, 5.74) is 4.13. The number of benzene rings is 3. The second-order valence-electron chi connectivity index (χ2n) is 9.51. The molecule has 3 aromatic carbocycles. The van der Waals surface area contributed by atoms with E-state index in [1.165, 1.54) is 44.7 Å². The van der Waals surface area contributed by atoms with E-state index in [4.69, 9.17) is 18.9 Å². The van der Waals surface area contributed by atoms with Crippen molar-refractivity contribution in [2.45, 2.75) is 11.8 Å². The molecule has 2 amide bonds. The molecule has 43 heavy (non-hydrogen) atoms. The van der Waals surface area contributed by atoms with Gasteiger partial charge in [0.25, 0.3) is 21.8 Å². The molecule has 13 heteroatoms. The van der Waals surface area contributed by atoms with Crippen LogP contribution in [0.2, 0.25) is 0 Å². The minimum atomic E-state index is -4.13. The third-order valence-corrected chi connectivity index (χ3v) is 8.35. The van der Waals surface area contributed by atoms with E-state index in [0.717, 1.165) is 9.87 Å². The summed E-state index contributed by atoms with van der Waals surface area (Å²) in [6.45, 7) is 3.36. The Bertz CT molecular complexity index is 1540. The molecular weight excluding hydrogens is 576 g/mol. The third-order valence-electron chi connectivity index (χ3n) is 6.56. The molecule has 3 aromatic rings. The van der Waals surface area contributed by atoms with Gasteiger partial charge < -0.3 is 23.8 Å². The van der Waals surface area contributed by atoms with Gasteiger partial charge in [-0.3, -0.25) is 13.9 Å². The van der Waals surface area contributed by atoms with Gasteiger partial charge in [-0.15, -0.1) is 0 Å². The summed E-state index contributed by atoms with van der Waals surface area (Å²) in [6, 6.07) is 17.7. The Morgan fingerprint density at radius 1 is 0.977 bits per heavy atom. The number of hydrogen-bond donors (Lipinski definition) is 1. The van der Waals surface area contributed by atoms with E-state index < -0.39 is 22.5 Å². The highest BCUT2D eigenvalue weighted by atomic mass is 32.2. The fourth-order valence-corrected chi connectivity index (χ4v) is 5.59. The molecular formula is C30H34N4O8S. The van der Waals surface area contributed by atoms with Gasteiger partial charge >= 0.3 is 0 Å². The van der Waals surface area contributed by atoms with Gasteiger partial charge in [-0.2, -0.15) is 5.10 Å². The van der Waals surface area contributed by atoms with Crippen LogP contribution in [0, 0.1) is 6.92 Å². The number of hydrogen-bond acceptors (Lipinski definition) is 9. The molecule has 228 valence electrons. The largest absolute Gasteiger partial charge is 0.493 e. The topological polar surface area (TPSA) is 136 Å². The van der Waals surface area contributed by atoms with E-state index in [2.05, 4.69) is 10.5 Å². The monoisotopic (exact) mass is 610 g/mol. The van der Waals surface area contributed by atoms with Crippen molar-refractivity contribution in [2.75, 3.05) is 58.0 Å². The minimum Gasteiger partial charge on any atom is -0.493 e. The van der Waals surface area contributed by atoms with Crippen LogP contribution in [-0.2, 0) is 24.3 Å². The van der Waals surface area contributed by atoms with E-state index in [0.29, 0.717) is 49.1 Å². The number of sulfonamides is 1. The summed E-state index contributed by atoms with van der Waals surface area (Å²) >= 11 is 0. The van der Waals surface area contributed by atoms with Crippen molar-refractivity contribution in [1.82, 2.24) is 10.3 Å². The number of methoxy groups -OCH3 is 2. The molecule has 0 spiro atoms. The Morgan fingerprint density at radius 2 is 1.65 bits per heavy atom. The van der Waals surface area contributed by atoms with Crippen molar-refractivity contribution in [3.05, 3.63) is 77.9 Å². The van der Waals surface area contributed by atoms with Crippen molar-refractivity contribution < 1.29 is 37.0 Å². The molecule has 1 fully saturated rings. The smallest absolute Gasteiger partial charge is 0.264 e. The van der Waals surface area contributed by atoms with E-state index in [-0.39, 0.29) is 23.1 Å². The van der Waals surface area contributed by atoms with Crippen LogP contribution in [0.1, 0.15) is 11.1 Å². The minimum absolute atomic E-state index is 0.0261. The Hall–Kier alpha value is -4.62. The van der Waals surface area contributed by atoms with Crippen LogP contribution in [0.5, 0.6) is 17.2 Å². The molecule has 0 bridgehead atoms. The van der Waals surface area contributed by atoms with Crippen LogP contribution in [-0.4, -0.2) is 85.0 Å². The average molecular weight is 611 g/mol. The van der Waals surface area contributed by atoms with Crippen molar-refractivity contribution >= 4 is 33.7 Å². The standard InChI is InChI=1S/C30H34N4O8S/c1-22-4-11-26(12-5-22)43(37,38)34(24-8-13-27(39-2)28(18-24)40-3)20-29(35)32-31-19-23-6-9-25(10-7-23)42-21-30(36)33-14-16-41-17-15-33/h4-13,18-19H,14-17,20-21H2,1-3H3,(H,32,35)/b31-19+. The van der Waals surface area contributed by atoms with Crippen LogP contribution in [0.15, 0.2) is 76.7 Å². The number of nitrogens with zero attached hydrogens (tertiary/aromatic N) is 3. The molecule has 0 atom stereocenters. The normalized spacial score (nSPS) is 13.4. The Labute approximate surface area is 250 Å². The lowest BCUT2D eigenvalue weighted by Gasteiger charge is -2.26. The first-order valence-corrected chi connectivity index (χ1v) is 14.9. The van der Waals surface area contributed by atoms with Gasteiger partial charge in [-0.25, -0.2) is 13.8 Å². The van der Waals surface area contributed by atoms with Gasteiger partial charge in [0.2, 0.25) is 0 Å². The second-order valence-corrected chi connectivity index (χ2v) is 11.4. The lowest BCUT2D eigenvalue weighted by Crippen LogP contribution is -2.42. The van der Waals surface area contributed by atoms with Gasteiger partial charge in [0.1, 0.15) is 12.3 Å². The van der Waals surface area contributed by atoms with Crippen molar-refractivity contribution in [1.29, 1.82) is 0 Å². The fraction of sp³-hybridized carbons (Fsp3) is 0.300. The van der Waals surface area contributed by atoms with Gasteiger partial charge in [0.15, 0.2) is 18.1 Å². The summed E-state index contributed by atoms with van der Waals surface area (Å²) in [5, 5.41) is 3.98. The first kappa shape index (κ1) is 31.3. The zero-order valence-corrected chi connectivity index (χ0v) is 25.0. The lowest BCUT2D eigenvalue weighted by atomic mass is 10.2. The average Bonchev–Trinajstić information content (AvgIpc) is 3.03. The predicted molar refractivity (Wildman–Crippen MR) is 160 cm³/mol. The SMILES string of the molecule is COc1ccc(N(CC(=O)N/N=C/c2ccc(OCC(=O)N3CCOCC3)cc2)S(=O)(=O)c2ccc(C)cc2)cc1OC. The Morgan fingerprint density at radius 3 is 2.30 bits per heavy atom. The molecule has 1 N–H and O–H groups in total. The van der Waals surface area contributed by atoms with E-state index in [1.807, 2.05) is 6.92 Å². The van der Waals surface area contributed by atoms with E-state index in [1.54, 1.807) is 47.4 Å². The van der Waals surface area contributed by atoms with E-state index >= 15 is 0 Å². The fourth-order valence-electron chi connectivity index (χ4n) is 4.18. The highest BCUT2D eigenvalue weighted by Gasteiger charge is 2.28. The summed E-state index contributed by atoms with van der Waals surface area (Å²) < 4.78 is 49.7. The molecule has 1 aliphatic heterocycles. The lowest BCUT2D eigenvalue weighted by molar-refractivity contribution is -0.137. The summed E-state index contributed by atoms with van der Waals surface area (Å²) in [5.74, 6) is 0.453. The Balaban J connectivity index is 1.42. The molecule has 1 aliphatic rings. The number of ether oxygens (including phenoxy) is 4. The number of amides is 2. The number of rotatable bonds is 12. The van der Waals surface area contributed by atoms with Crippen LogP contribution in [0.4, 0.5) is 5.69 Å². The second kappa shape index (κ2) is 14.5. The van der Waals surface area contributed by atoms with Crippen LogP contribution >= 0.6 is 0 Å². The molecule has 4 rings (SSSR count). The van der Waals surface area contributed by atoms with Crippen molar-refractivity contribution in [2.24, 2.45) is 5.10 Å². The highest BCUT2D eigenvalue weighted by Crippen LogP contribution is 2.33. The molecule has 0 unspecified atom stereocenters. The number of carbonyl (C=O) groups excluding carboxylic acids is 2. The van der Waals surface area contributed by atoms with Crippen molar-refractivity contribution in [3.63, 3.8) is 0 Å². The number of aryl methyl sites for hydroxylation is 1. The quantitative estimate of drug-likeness (QED) is 0.244. The van der Waals surface area contributed by atoms with Crippen LogP contribution in [0.25, 0.3) is 0 Å². The number of morpholine rings is 1. The number of hydrazone groups is 1. The third kappa shape index (κ3) is 8.23. The molecule has 12 nitrogen and oxygen atoms in total. The van der Waals surface area contributed by atoms with E-state index in [9.17, 15) is 18.0 Å². The number of nitrogens with one attached hydrogen (secondary N) is 1. The maximum Gasteiger partial charge on any atom is 0.264 e. The maximum atomic E-state index is 13.6. The highest BCUT2D eigenvalue weighted by molar-refractivity contribution is 7.92. The summed E-state index contributed by atoms with van der Waals surface area (Å²) in [4.78, 5) is 26.9. The molecule has 0 radical (unpaired) electrons. The maximum absolute atomic E-state index is 13.6. The van der Waals surface area contributed by atoms with Gasteiger partial charge in [0.05, 0.1) is 44.2 Å². The van der Waals surface area contributed by atoms with Gasteiger partial charge in [-0.1, -0.05) is 17.7 Å². The van der Waals surface area contributed by atoms with Crippen LogP contribution < -0.4 is 23.9 Å². The number of anilines is 1. The zero-order valence-electron chi connectivity index (χ0n) is 24.2. The van der Waals surface area contributed by atoms with Gasteiger partial charge in [0, 0.05) is 19.2 Å². The first-order valence-electron chi connectivity index (χ1n) is 13.4. The zero-order chi connectivity index (χ0) is 30.8.